The first kappa shape index (κ1) is 18.3. The fourth-order valence-corrected chi connectivity index (χ4v) is 2.01. The molecule has 0 aliphatic rings. The molecule has 0 bridgehead atoms. The first-order valence-electron chi connectivity index (χ1n) is 8.17. The molecule has 4 nitrogen and oxygen atoms in total. The van der Waals surface area contributed by atoms with Crippen LogP contribution < -0.4 is 14.8 Å². The Morgan fingerprint density at radius 3 is 2.64 bits per heavy atom. The van der Waals surface area contributed by atoms with Gasteiger partial charge in [-0.1, -0.05) is 33.6 Å². The van der Waals surface area contributed by atoms with Gasteiger partial charge in [-0.2, -0.15) is 0 Å². The number of unbranched alkanes of at least 4 members (excludes halogenated alkanes) is 2. The van der Waals surface area contributed by atoms with E-state index in [4.69, 9.17) is 9.47 Å². The molecule has 1 rings (SSSR count). The second kappa shape index (κ2) is 10.1. The third-order valence-electron chi connectivity index (χ3n) is 3.44. The lowest BCUT2D eigenvalue weighted by atomic mass is 10.1. The molecule has 0 saturated heterocycles. The number of methoxy groups -OCH3 is 1. The van der Waals surface area contributed by atoms with Gasteiger partial charge < -0.3 is 14.8 Å². The summed E-state index contributed by atoms with van der Waals surface area (Å²) >= 11 is 0. The van der Waals surface area contributed by atoms with Crippen molar-refractivity contribution in [3.8, 4) is 11.5 Å². The summed E-state index contributed by atoms with van der Waals surface area (Å²) in [4.78, 5) is 12.1. The van der Waals surface area contributed by atoms with Crippen LogP contribution in [-0.2, 0) is 0 Å². The average Bonchev–Trinajstić information content (AvgIpc) is 2.51. The first-order chi connectivity index (χ1) is 10.6. The maximum Gasteiger partial charge on any atom is 0.251 e. The summed E-state index contributed by atoms with van der Waals surface area (Å²) in [5.74, 6) is 1.82. The molecule has 0 heterocycles. The third-order valence-corrected chi connectivity index (χ3v) is 3.44. The van der Waals surface area contributed by atoms with Crippen molar-refractivity contribution >= 4 is 5.91 Å². The van der Waals surface area contributed by atoms with E-state index in [1.807, 2.05) is 0 Å². The number of carbonyl (C=O) groups is 1. The van der Waals surface area contributed by atoms with Gasteiger partial charge in [-0.3, -0.25) is 4.79 Å². The van der Waals surface area contributed by atoms with Crippen LogP contribution >= 0.6 is 0 Å². The minimum Gasteiger partial charge on any atom is -0.493 e. The third kappa shape index (κ3) is 6.37. The molecule has 1 N–H and O–H groups in total. The Hall–Kier alpha value is -1.71. The predicted octanol–water partition coefficient (Wildman–Crippen LogP) is 4.04. The molecule has 0 aliphatic heterocycles. The maximum absolute atomic E-state index is 12.1. The number of hydrogen-bond donors (Lipinski definition) is 1. The van der Waals surface area contributed by atoms with E-state index < -0.39 is 0 Å². The van der Waals surface area contributed by atoms with E-state index in [1.54, 1.807) is 25.3 Å². The number of benzene rings is 1. The van der Waals surface area contributed by atoms with Gasteiger partial charge in [0.25, 0.3) is 5.91 Å². The van der Waals surface area contributed by atoms with Crippen LogP contribution in [0.3, 0.4) is 0 Å². The summed E-state index contributed by atoms with van der Waals surface area (Å²) in [5.41, 5.74) is 0.601. The molecular weight excluding hydrogens is 278 g/mol. The molecule has 0 aliphatic carbocycles. The van der Waals surface area contributed by atoms with Crippen molar-refractivity contribution in [2.24, 2.45) is 5.92 Å². The van der Waals surface area contributed by atoms with Crippen LogP contribution in [0.15, 0.2) is 18.2 Å². The molecule has 1 amide bonds. The van der Waals surface area contributed by atoms with Crippen molar-refractivity contribution < 1.29 is 14.3 Å². The van der Waals surface area contributed by atoms with Gasteiger partial charge in [0.15, 0.2) is 11.5 Å². The molecule has 0 spiro atoms. The Morgan fingerprint density at radius 1 is 1.23 bits per heavy atom. The van der Waals surface area contributed by atoms with Gasteiger partial charge in [0.2, 0.25) is 0 Å². The van der Waals surface area contributed by atoms with Crippen LogP contribution in [0.4, 0.5) is 0 Å². The highest BCUT2D eigenvalue weighted by Gasteiger charge is 2.11. The zero-order valence-electron chi connectivity index (χ0n) is 14.3. The molecular formula is C18H29NO3. The first-order valence-corrected chi connectivity index (χ1v) is 8.17. The lowest BCUT2D eigenvalue weighted by Gasteiger charge is -2.13. The average molecular weight is 307 g/mol. The number of hydrogen-bond acceptors (Lipinski definition) is 3. The molecule has 124 valence electrons. The van der Waals surface area contributed by atoms with Crippen LogP contribution in [0.5, 0.6) is 11.5 Å². The zero-order valence-corrected chi connectivity index (χ0v) is 14.3. The normalized spacial score (nSPS) is 10.6. The standard InChI is InChI=1S/C18H29NO3/c1-5-6-7-11-19-18(20)15-8-9-16(17(13-15)21-4)22-12-10-14(2)3/h8-9,13-14H,5-7,10-12H2,1-4H3,(H,19,20). The Morgan fingerprint density at radius 2 is 2.00 bits per heavy atom. The smallest absolute Gasteiger partial charge is 0.251 e. The van der Waals surface area contributed by atoms with Crippen LogP contribution in [0.1, 0.15) is 56.8 Å². The number of rotatable bonds is 10. The summed E-state index contributed by atoms with van der Waals surface area (Å²) in [6.45, 7) is 7.82. The van der Waals surface area contributed by atoms with Crippen molar-refractivity contribution in [3.63, 3.8) is 0 Å². The lowest BCUT2D eigenvalue weighted by Crippen LogP contribution is -2.24. The maximum atomic E-state index is 12.1. The van der Waals surface area contributed by atoms with Gasteiger partial charge in [0.1, 0.15) is 0 Å². The topological polar surface area (TPSA) is 47.6 Å². The van der Waals surface area contributed by atoms with Crippen LogP contribution in [0.25, 0.3) is 0 Å². The molecule has 0 saturated carbocycles. The minimum atomic E-state index is -0.0665. The van der Waals surface area contributed by atoms with Gasteiger partial charge in [0.05, 0.1) is 13.7 Å². The largest absolute Gasteiger partial charge is 0.493 e. The fraction of sp³-hybridized carbons (Fsp3) is 0.611. The lowest BCUT2D eigenvalue weighted by molar-refractivity contribution is 0.0952. The summed E-state index contributed by atoms with van der Waals surface area (Å²) < 4.78 is 11.1. The fourth-order valence-electron chi connectivity index (χ4n) is 2.01. The highest BCUT2D eigenvalue weighted by atomic mass is 16.5. The van der Waals surface area contributed by atoms with E-state index in [0.29, 0.717) is 36.1 Å². The van der Waals surface area contributed by atoms with Crippen LogP contribution in [-0.4, -0.2) is 26.2 Å². The summed E-state index contributed by atoms with van der Waals surface area (Å²) in [5, 5.41) is 2.93. The number of amides is 1. The molecule has 0 aromatic heterocycles. The van der Waals surface area contributed by atoms with E-state index in [-0.39, 0.29) is 5.91 Å². The van der Waals surface area contributed by atoms with Gasteiger partial charge in [-0.15, -0.1) is 0 Å². The highest BCUT2D eigenvalue weighted by molar-refractivity contribution is 5.94. The van der Waals surface area contributed by atoms with E-state index >= 15 is 0 Å². The Balaban J connectivity index is 2.61. The molecule has 0 fully saturated rings. The Kier molecular flexibility index (Phi) is 8.41. The highest BCUT2D eigenvalue weighted by Crippen LogP contribution is 2.28. The zero-order chi connectivity index (χ0) is 16.4. The molecule has 1 aromatic rings. The predicted molar refractivity (Wildman–Crippen MR) is 89.8 cm³/mol. The summed E-state index contributed by atoms with van der Waals surface area (Å²) in [6, 6.07) is 5.32. The molecule has 0 atom stereocenters. The molecule has 1 aromatic carbocycles. The van der Waals surface area contributed by atoms with Crippen molar-refractivity contribution in [2.45, 2.75) is 46.5 Å². The van der Waals surface area contributed by atoms with Crippen LogP contribution in [0, 0.1) is 5.92 Å². The molecule has 0 unspecified atom stereocenters. The van der Waals surface area contributed by atoms with Gasteiger partial charge in [-0.05, 0) is 37.0 Å². The Labute approximate surface area is 134 Å². The van der Waals surface area contributed by atoms with Crippen LogP contribution in [0.2, 0.25) is 0 Å². The number of nitrogens with one attached hydrogen (secondary N) is 1. The molecule has 0 radical (unpaired) electrons. The van der Waals surface area contributed by atoms with Gasteiger partial charge >= 0.3 is 0 Å². The molecule has 22 heavy (non-hydrogen) atoms. The van der Waals surface area contributed by atoms with E-state index in [9.17, 15) is 4.79 Å². The quantitative estimate of drug-likeness (QED) is 0.664. The van der Waals surface area contributed by atoms with Crippen molar-refractivity contribution in [2.75, 3.05) is 20.3 Å². The van der Waals surface area contributed by atoms with Crippen molar-refractivity contribution in [1.29, 1.82) is 0 Å². The second-order valence-corrected chi connectivity index (χ2v) is 5.86. The monoisotopic (exact) mass is 307 g/mol. The summed E-state index contributed by atoms with van der Waals surface area (Å²) in [6.07, 6.45) is 4.27. The second-order valence-electron chi connectivity index (χ2n) is 5.86. The summed E-state index contributed by atoms with van der Waals surface area (Å²) in [7, 11) is 1.59. The van der Waals surface area contributed by atoms with E-state index in [1.165, 1.54) is 0 Å². The van der Waals surface area contributed by atoms with Crippen molar-refractivity contribution in [1.82, 2.24) is 5.32 Å². The van der Waals surface area contributed by atoms with Gasteiger partial charge in [0, 0.05) is 12.1 Å². The number of carbonyl (C=O) groups excluding carboxylic acids is 1. The minimum absolute atomic E-state index is 0.0665. The van der Waals surface area contributed by atoms with Crippen molar-refractivity contribution in [3.05, 3.63) is 23.8 Å². The van der Waals surface area contributed by atoms with E-state index in [2.05, 4.69) is 26.1 Å². The van der Waals surface area contributed by atoms with E-state index in [0.717, 1.165) is 25.7 Å². The Bertz CT molecular complexity index is 458. The number of ether oxygens (including phenoxy) is 2. The molecule has 4 heteroatoms. The SMILES string of the molecule is CCCCCNC(=O)c1ccc(OCCC(C)C)c(OC)c1. The van der Waals surface area contributed by atoms with Gasteiger partial charge in [-0.25, -0.2) is 0 Å².